The van der Waals surface area contributed by atoms with Gasteiger partial charge in [-0.1, -0.05) is 18.2 Å². The Balaban J connectivity index is 1.98. The predicted octanol–water partition coefficient (Wildman–Crippen LogP) is 3.45. The first kappa shape index (κ1) is 13.6. The number of amides is 1. The van der Waals surface area contributed by atoms with Gasteiger partial charge in [-0.2, -0.15) is 11.3 Å². The number of nitrogens with one attached hydrogen (secondary N) is 1. The number of carbonyl (C=O) groups is 1. The fourth-order valence-electron chi connectivity index (χ4n) is 1.86. The third-order valence-electron chi connectivity index (χ3n) is 2.88. The van der Waals surface area contributed by atoms with Crippen molar-refractivity contribution in [1.29, 1.82) is 0 Å². The van der Waals surface area contributed by atoms with Crippen LogP contribution in [-0.4, -0.2) is 12.5 Å². The molecule has 0 radical (unpaired) electrons. The van der Waals surface area contributed by atoms with Gasteiger partial charge in [0.15, 0.2) is 0 Å². The second-order valence-electron chi connectivity index (χ2n) is 4.33. The van der Waals surface area contributed by atoms with E-state index >= 15 is 0 Å². The van der Waals surface area contributed by atoms with Gasteiger partial charge in [0.2, 0.25) is 0 Å². The molecular formula is C16H17NOS. The maximum Gasteiger partial charge on any atom is 0.251 e. The van der Waals surface area contributed by atoms with Gasteiger partial charge in [-0.05, 0) is 52.9 Å². The van der Waals surface area contributed by atoms with E-state index in [1.54, 1.807) is 17.4 Å². The van der Waals surface area contributed by atoms with Gasteiger partial charge in [-0.3, -0.25) is 4.79 Å². The van der Waals surface area contributed by atoms with Crippen molar-refractivity contribution in [1.82, 2.24) is 5.32 Å². The number of hydrogen-bond acceptors (Lipinski definition) is 2. The summed E-state index contributed by atoms with van der Waals surface area (Å²) in [6.45, 7) is 4.09. The van der Waals surface area contributed by atoms with E-state index in [0.29, 0.717) is 12.1 Å². The second kappa shape index (κ2) is 6.90. The van der Waals surface area contributed by atoms with Crippen molar-refractivity contribution < 1.29 is 4.79 Å². The Kier molecular flexibility index (Phi) is 4.93. The van der Waals surface area contributed by atoms with Gasteiger partial charge in [-0.15, -0.1) is 6.58 Å². The van der Waals surface area contributed by atoms with Crippen LogP contribution in [0.5, 0.6) is 0 Å². The van der Waals surface area contributed by atoms with E-state index < -0.39 is 0 Å². The fourth-order valence-corrected chi connectivity index (χ4v) is 2.56. The lowest BCUT2D eigenvalue weighted by Gasteiger charge is -2.05. The van der Waals surface area contributed by atoms with Gasteiger partial charge in [0.25, 0.3) is 5.91 Å². The SMILES string of the molecule is C=CCNC(=O)c1cccc(CCc2ccsc2)c1. The quantitative estimate of drug-likeness (QED) is 0.801. The molecule has 0 fully saturated rings. The lowest BCUT2D eigenvalue weighted by molar-refractivity contribution is 0.0958. The highest BCUT2D eigenvalue weighted by molar-refractivity contribution is 7.07. The minimum atomic E-state index is -0.0442. The van der Waals surface area contributed by atoms with Crippen LogP contribution < -0.4 is 5.32 Å². The van der Waals surface area contributed by atoms with Crippen LogP contribution in [0.1, 0.15) is 21.5 Å². The first-order chi connectivity index (χ1) is 9.29. The number of hydrogen-bond donors (Lipinski definition) is 1. The molecule has 1 aromatic heterocycles. The Bertz CT molecular complexity index is 546. The van der Waals surface area contributed by atoms with Gasteiger partial charge >= 0.3 is 0 Å². The molecule has 0 atom stereocenters. The predicted molar refractivity (Wildman–Crippen MR) is 80.7 cm³/mol. The standard InChI is InChI=1S/C16H17NOS/c1-2-9-17-16(18)15-5-3-4-13(11-15)6-7-14-8-10-19-12-14/h2-5,8,10-12H,1,6-7,9H2,(H,17,18). The number of aryl methyl sites for hydroxylation is 2. The molecule has 98 valence electrons. The van der Waals surface area contributed by atoms with Gasteiger partial charge in [0.05, 0.1) is 0 Å². The maximum atomic E-state index is 11.8. The molecule has 1 heterocycles. The van der Waals surface area contributed by atoms with Crippen LogP contribution in [0.4, 0.5) is 0 Å². The van der Waals surface area contributed by atoms with Gasteiger partial charge in [0, 0.05) is 12.1 Å². The molecule has 0 spiro atoms. The van der Waals surface area contributed by atoms with Crippen molar-refractivity contribution in [2.75, 3.05) is 6.54 Å². The van der Waals surface area contributed by atoms with E-state index in [4.69, 9.17) is 0 Å². The zero-order valence-corrected chi connectivity index (χ0v) is 11.6. The molecule has 3 heteroatoms. The number of carbonyl (C=O) groups excluding carboxylic acids is 1. The molecule has 2 rings (SSSR count). The summed E-state index contributed by atoms with van der Waals surface area (Å²) in [7, 11) is 0. The van der Waals surface area contributed by atoms with E-state index in [1.165, 1.54) is 11.1 Å². The monoisotopic (exact) mass is 271 g/mol. The molecule has 1 N–H and O–H groups in total. The molecule has 2 aromatic rings. The van der Waals surface area contributed by atoms with Crippen molar-refractivity contribution >= 4 is 17.2 Å². The Labute approximate surface area is 117 Å². The summed E-state index contributed by atoms with van der Waals surface area (Å²) in [5, 5.41) is 7.05. The maximum absolute atomic E-state index is 11.8. The average Bonchev–Trinajstić information content (AvgIpc) is 2.96. The summed E-state index contributed by atoms with van der Waals surface area (Å²) in [6.07, 6.45) is 3.65. The van der Waals surface area contributed by atoms with Gasteiger partial charge in [0.1, 0.15) is 0 Å². The van der Waals surface area contributed by atoms with E-state index in [1.807, 2.05) is 18.2 Å². The van der Waals surface area contributed by atoms with Crippen molar-refractivity contribution in [3.8, 4) is 0 Å². The molecule has 0 aliphatic carbocycles. The Hall–Kier alpha value is -1.87. The van der Waals surface area contributed by atoms with Crippen LogP contribution in [0.25, 0.3) is 0 Å². The second-order valence-corrected chi connectivity index (χ2v) is 5.11. The Morgan fingerprint density at radius 2 is 2.11 bits per heavy atom. The summed E-state index contributed by atoms with van der Waals surface area (Å²) in [4.78, 5) is 11.8. The van der Waals surface area contributed by atoms with Crippen molar-refractivity contribution in [2.24, 2.45) is 0 Å². The summed E-state index contributed by atoms with van der Waals surface area (Å²) >= 11 is 1.72. The van der Waals surface area contributed by atoms with Crippen molar-refractivity contribution in [2.45, 2.75) is 12.8 Å². The molecule has 0 unspecified atom stereocenters. The lowest BCUT2D eigenvalue weighted by Crippen LogP contribution is -2.23. The minimum absolute atomic E-state index is 0.0442. The normalized spacial score (nSPS) is 10.1. The van der Waals surface area contributed by atoms with E-state index in [9.17, 15) is 4.79 Å². The molecule has 19 heavy (non-hydrogen) atoms. The third kappa shape index (κ3) is 4.07. The largest absolute Gasteiger partial charge is 0.349 e. The average molecular weight is 271 g/mol. The lowest BCUT2D eigenvalue weighted by atomic mass is 10.0. The van der Waals surface area contributed by atoms with E-state index in [2.05, 4.69) is 34.8 Å². The zero-order valence-electron chi connectivity index (χ0n) is 10.8. The van der Waals surface area contributed by atoms with E-state index in [-0.39, 0.29) is 5.91 Å². The molecule has 0 saturated heterocycles. The Morgan fingerprint density at radius 1 is 1.26 bits per heavy atom. The van der Waals surface area contributed by atoms with Crippen LogP contribution in [0.2, 0.25) is 0 Å². The van der Waals surface area contributed by atoms with E-state index in [0.717, 1.165) is 12.8 Å². The van der Waals surface area contributed by atoms with Crippen LogP contribution in [-0.2, 0) is 12.8 Å². The summed E-state index contributed by atoms with van der Waals surface area (Å²) in [5.74, 6) is -0.0442. The van der Waals surface area contributed by atoms with Crippen LogP contribution in [0.15, 0.2) is 53.7 Å². The van der Waals surface area contributed by atoms with Gasteiger partial charge in [-0.25, -0.2) is 0 Å². The molecule has 0 saturated carbocycles. The highest BCUT2D eigenvalue weighted by atomic mass is 32.1. The van der Waals surface area contributed by atoms with Crippen LogP contribution in [0.3, 0.4) is 0 Å². The minimum Gasteiger partial charge on any atom is -0.349 e. The van der Waals surface area contributed by atoms with Crippen LogP contribution in [0, 0.1) is 0 Å². The van der Waals surface area contributed by atoms with Crippen molar-refractivity contribution in [3.63, 3.8) is 0 Å². The molecule has 2 nitrogen and oxygen atoms in total. The summed E-state index contributed by atoms with van der Waals surface area (Å²) < 4.78 is 0. The molecule has 1 aromatic carbocycles. The molecule has 0 bridgehead atoms. The number of benzene rings is 1. The topological polar surface area (TPSA) is 29.1 Å². The number of rotatable bonds is 6. The molecular weight excluding hydrogens is 254 g/mol. The fraction of sp³-hybridized carbons (Fsp3) is 0.188. The smallest absolute Gasteiger partial charge is 0.251 e. The van der Waals surface area contributed by atoms with Gasteiger partial charge < -0.3 is 5.32 Å². The number of thiophene rings is 1. The summed E-state index contributed by atoms with van der Waals surface area (Å²) in [6, 6.07) is 9.95. The van der Waals surface area contributed by atoms with Crippen LogP contribution >= 0.6 is 11.3 Å². The molecule has 0 aliphatic rings. The highest BCUT2D eigenvalue weighted by Crippen LogP contribution is 2.12. The highest BCUT2D eigenvalue weighted by Gasteiger charge is 2.05. The van der Waals surface area contributed by atoms with Crippen molar-refractivity contribution in [3.05, 3.63) is 70.4 Å². The first-order valence-corrected chi connectivity index (χ1v) is 7.23. The zero-order chi connectivity index (χ0) is 13.5. The Morgan fingerprint density at radius 3 is 2.84 bits per heavy atom. The molecule has 0 aliphatic heterocycles. The third-order valence-corrected chi connectivity index (χ3v) is 3.61. The first-order valence-electron chi connectivity index (χ1n) is 6.28. The summed E-state index contributed by atoms with van der Waals surface area (Å²) in [5.41, 5.74) is 3.26. The molecule has 1 amide bonds.